The Balaban J connectivity index is 1.70. The van der Waals surface area contributed by atoms with E-state index in [-0.39, 0.29) is 0 Å². The average molecular weight is 347 g/mol. The van der Waals surface area contributed by atoms with E-state index in [0.717, 1.165) is 27.1 Å². The zero-order valence-electron chi connectivity index (χ0n) is 11.6. The van der Waals surface area contributed by atoms with Gasteiger partial charge >= 0.3 is 0 Å². The van der Waals surface area contributed by atoms with Crippen LogP contribution in [0, 0.1) is 0 Å². The lowest BCUT2D eigenvalue weighted by molar-refractivity contribution is 0.248. The SMILES string of the molecule is CNCc1cc(COc2ccc3cc(Br)ccc3c2)on1. The lowest BCUT2D eigenvalue weighted by Gasteiger charge is -2.05. The van der Waals surface area contributed by atoms with Crippen molar-refractivity contribution < 1.29 is 9.26 Å². The molecule has 108 valence electrons. The third kappa shape index (κ3) is 3.43. The lowest BCUT2D eigenvalue weighted by atomic mass is 10.1. The molecule has 3 rings (SSSR count). The highest BCUT2D eigenvalue weighted by atomic mass is 79.9. The molecule has 0 spiro atoms. The number of hydrogen-bond donors (Lipinski definition) is 1. The number of benzene rings is 2. The monoisotopic (exact) mass is 346 g/mol. The number of nitrogens with zero attached hydrogens (tertiary/aromatic N) is 1. The van der Waals surface area contributed by atoms with Gasteiger partial charge in [-0.25, -0.2) is 0 Å². The van der Waals surface area contributed by atoms with Crippen molar-refractivity contribution in [2.75, 3.05) is 7.05 Å². The summed E-state index contributed by atoms with van der Waals surface area (Å²) in [7, 11) is 1.87. The van der Waals surface area contributed by atoms with Crippen LogP contribution in [0.3, 0.4) is 0 Å². The van der Waals surface area contributed by atoms with Crippen LogP contribution in [0.2, 0.25) is 0 Å². The lowest BCUT2D eigenvalue weighted by Crippen LogP contribution is -2.04. The summed E-state index contributed by atoms with van der Waals surface area (Å²) in [5, 5.41) is 9.30. The summed E-state index contributed by atoms with van der Waals surface area (Å²) in [6, 6.07) is 14.1. The second kappa shape index (κ2) is 6.28. The number of rotatable bonds is 5. The van der Waals surface area contributed by atoms with Crippen LogP contribution in [0.1, 0.15) is 11.5 Å². The summed E-state index contributed by atoms with van der Waals surface area (Å²) in [6.45, 7) is 1.06. The Hall–Kier alpha value is -1.85. The molecule has 0 bridgehead atoms. The average Bonchev–Trinajstić information content (AvgIpc) is 2.93. The second-order valence-corrected chi connectivity index (χ2v) is 5.67. The molecule has 0 saturated heterocycles. The van der Waals surface area contributed by atoms with Gasteiger partial charge in [0.2, 0.25) is 0 Å². The molecule has 21 heavy (non-hydrogen) atoms. The second-order valence-electron chi connectivity index (χ2n) is 4.76. The topological polar surface area (TPSA) is 47.3 Å². The molecule has 0 amide bonds. The highest BCUT2D eigenvalue weighted by Gasteiger charge is 2.05. The Morgan fingerprint density at radius 3 is 2.81 bits per heavy atom. The minimum Gasteiger partial charge on any atom is -0.486 e. The van der Waals surface area contributed by atoms with E-state index in [1.807, 2.05) is 37.4 Å². The van der Waals surface area contributed by atoms with Gasteiger partial charge in [0.05, 0.1) is 5.69 Å². The summed E-state index contributed by atoms with van der Waals surface area (Å²) in [6.07, 6.45) is 0. The molecular formula is C16H15BrN2O2. The van der Waals surface area contributed by atoms with Crippen LogP contribution < -0.4 is 10.1 Å². The van der Waals surface area contributed by atoms with Crippen molar-refractivity contribution in [2.24, 2.45) is 0 Å². The first kappa shape index (κ1) is 14.1. The molecule has 0 atom stereocenters. The summed E-state index contributed by atoms with van der Waals surface area (Å²) in [5.74, 6) is 1.53. The molecule has 0 aliphatic carbocycles. The van der Waals surface area contributed by atoms with E-state index in [0.29, 0.717) is 13.2 Å². The third-order valence-electron chi connectivity index (χ3n) is 3.12. The first-order chi connectivity index (χ1) is 10.2. The molecule has 4 nitrogen and oxygen atoms in total. The van der Waals surface area contributed by atoms with Crippen molar-refractivity contribution in [1.29, 1.82) is 0 Å². The first-order valence-electron chi connectivity index (χ1n) is 6.66. The first-order valence-corrected chi connectivity index (χ1v) is 7.45. The predicted molar refractivity (Wildman–Crippen MR) is 85.2 cm³/mol. The fourth-order valence-corrected chi connectivity index (χ4v) is 2.51. The van der Waals surface area contributed by atoms with Crippen LogP contribution in [0.4, 0.5) is 0 Å². The van der Waals surface area contributed by atoms with Crippen molar-refractivity contribution in [2.45, 2.75) is 13.2 Å². The summed E-state index contributed by atoms with van der Waals surface area (Å²) in [4.78, 5) is 0. The molecule has 0 fully saturated rings. The molecule has 1 aromatic heterocycles. The molecule has 0 unspecified atom stereocenters. The van der Waals surface area contributed by atoms with Crippen LogP contribution in [-0.4, -0.2) is 12.2 Å². The zero-order valence-corrected chi connectivity index (χ0v) is 13.2. The fraction of sp³-hybridized carbons (Fsp3) is 0.188. The van der Waals surface area contributed by atoms with Gasteiger partial charge in [0.1, 0.15) is 12.4 Å². The van der Waals surface area contributed by atoms with Gasteiger partial charge in [-0.1, -0.05) is 33.2 Å². The summed E-state index contributed by atoms with van der Waals surface area (Å²) >= 11 is 3.47. The summed E-state index contributed by atoms with van der Waals surface area (Å²) < 4.78 is 12.0. The molecule has 0 saturated carbocycles. The molecular weight excluding hydrogens is 332 g/mol. The Bertz CT molecular complexity index is 755. The highest BCUT2D eigenvalue weighted by Crippen LogP contribution is 2.24. The number of fused-ring (bicyclic) bond motifs is 1. The normalized spacial score (nSPS) is 11.0. The van der Waals surface area contributed by atoms with E-state index < -0.39 is 0 Å². The number of hydrogen-bond acceptors (Lipinski definition) is 4. The van der Waals surface area contributed by atoms with Crippen molar-refractivity contribution in [3.8, 4) is 5.75 Å². The van der Waals surface area contributed by atoms with Gasteiger partial charge in [-0.3, -0.25) is 0 Å². The van der Waals surface area contributed by atoms with Crippen molar-refractivity contribution in [3.05, 3.63) is 58.4 Å². The largest absolute Gasteiger partial charge is 0.486 e. The quantitative estimate of drug-likeness (QED) is 0.761. The zero-order chi connectivity index (χ0) is 14.7. The Morgan fingerprint density at radius 1 is 1.14 bits per heavy atom. The molecule has 3 aromatic rings. The number of ether oxygens (including phenoxy) is 1. The van der Waals surface area contributed by atoms with Gasteiger partial charge in [-0.05, 0) is 42.1 Å². The van der Waals surface area contributed by atoms with E-state index in [4.69, 9.17) is 9.26 Å². The van der Waals surface area contributed by atoms with Gasteiger partial charge in [0, 0.05) is 17.1 Å². The molecule has 0 radical (unpaired) electrons. The minimum atomic E-state index is 0.374. The molecule has 0 aliphatic heterocycles. The Kier molecular flexibility index (Phi) is 4.22. The van der Waals surface area contributed by atoms with Crippen LogP contribution in [0.15, 0.2) is 51.5 Å². The summed E-state index contributed by atoms with van der Waals surface area (Å²) in [5.41, 5.74) is 0.875. The number of aromatic nitrogens is 1. The Labute approximate surface area is 131 Å². The third-order valence-corrected chi connectivity index (χ3v) is 3.61. The van der Waals surface area contributed by atoms with Crippen LogP contribution in [-0.2, 0) is 13.2 Å². The van der Waals surface area contributed by atoms with Crippen LogP contribution >= 0.6 is 15.9 Å². The molecule has 2 aromatic carbocycles. The van der Waals surface area contributed by atoms with Gasteiger partial charge in [-0.2, -0.15) is 0 Å². The van der Waals surface area contributed by atoms with E-state index in [1.165, 1.54) is 5.39 Å². The molecule has 1 N–H and O–H groups in total. The molecule has 1 heterocycles. The van der Waals surface area contributed by atoms with Crippen molar-refractivity contribution >= 4 is 26.7 Å². The minimum absolute atomic E-state index is 0.374. The van der Waals surface area contributed by atoms with Gasteiger partial charge in [0.15, 0.2) is 5.76 Å². The number of nitrogens with one attached hydrogen (secondary N) is 1. The fourth-order valence-electron chi connectivity index (χ4n) is 2.13. The maximum absolute atomic E-state index is 5.76. The maximum Gasteiger partial charge on any atom is 0.174 e. The van der Waals surface area contributed by atoms with Gasteiger partial charge in [0.25, 0.3) is 0 Å². The van der Waals surface area contributed by atoms with Crippen molar-refractivity contribution in [1.82, 2.24) is 10.5 Å². The Morgan fingerprint density at radius 2 is 1.95 bits per heavy atom. The van der Waals surface area contributed by atoms with Crippen molar-refractivity contribution in [3.63, 3.8) is 0 Å². The molecule has 0 aliphatic rings. The molecule has 5 heteroatoms. The van der Waals surface area contributed by atoms with E-state index in [1.54, 1.807) is 0 Å². The van der Waals surface area contributed by atoms with E-state index in [2.05, 4.69) is 38.5 Å². The van der Waals surface area contributed by atoms with Gasteiger partial charge < -0.3 is 14.6 Å². The predicted octanol–water partition coefficient (Wildman–Crippen LogP) is 3.89. The van der Waals surface area contributed by atoms with Gasteiger partial charge in [-0.15, -0.1) is 0 Å². The van der Waals surface area contributed by atoms with Crippen LogP contribution in [0.25, 0.3) is 10.8 Å². The smallest absolute Gasteiger partial charge is 0.174 e. The number of halogens is 1. The van der Waals surface area contributed by atoms with E-state index in [9.17, 15) is 0 Å². The highest BCUT2D eigenvalue weighted by molar-refractivity contribution is 9.10. The maximum atomic E-state index is 5.76. The van der Waals surface area contributed by atoms with E-state index >= 15 is 0 Å². The standard InChI is InChI=1S/C16H15BrN2O2/c1-18-9-14-8-16(21-19-14)10-20-15-5-3-11-6-13(17)4-2-12(11)7-15/h2-8,18H,9-10H2,1H3. The van der Waals surface area contributed by atoms with Crippen LogP contribution in [0.5, 0.6) is 5.75 Å².